The number of halogens is 2. The lowest BCUT2D eigenvalue weighted by atomic mass is 10.2. The van der Waals surface area contributed by atoms with Crippen molar-refractivity contribution in [3.05, 3.63) is 29.8 Å². The molecule has 0 spiro atoms. The average molecular weight is 270 g/mol. The van der Waals surface area contributed by atoms with Gasteiger partial charge in [0.2, 0.25) is 0 Å². The van der Waals surface area contributed by atoms with E-state index in [1.165, 1.54) is 6.07 Å². The van der Waals surface area contributed by atoms with Crippen molar-refractivity contribution in [3.8, 4) is 0 Å². The molecule has 1 unspecified atom stereocenters. The summed E-state index contributed by atoms with van der Waals surface area (Å²) in [6.07, 6.45) is 1.64. The van der Waals surface area contributed by atoms with Crippen molar-refractivity contribution >= 4 is 11.7 Å². The van der Waals surface area contributed by atoms with Crippen LogP contribution in [0, 0.1) is 11.6 Å². The Labute approximate surface area is 112 Å². The predicted molar refractivity (Wildman–Crippen MR) is 72.1 cm³/mol. The molecule has 1 atom stereocenters. The van der Waals surface area contributed by atoms with Crippen LogP contribution in [0.1, 0.15) is 33.6 Å². The van der Waals surface area contributed by atoms with E-state index in [4.69, 9.17) is 0 Å². The Morgan fingerprint density at radius 1 is 1.37 bits per heavy atom. The maximum absolute atomic E-state index is 13.5. The fraction of sp³-hybridized carbons (Fsp3) is 0.500. The summed E-state index contributed by atoms with van der Waals surface area (Å²) in [4.78, 5) is 13.8. The Kier molecular flexibility index (Phi) is 5.73. The minimum atomic E-state index is -0.769. The number of amides is 2. The van der Waals surface area contributed by atoms with Crippen molar-refractivity contribution in [3.63, 3.8) is 0 Å². The standard InChI is InChI=1S/C14H20F2N2O/c1-4-8-18(10(3)5-2)14(19)17-13-7-6-11(15)9-12(13)16/h6-7,9-10H,4-5,8H2,1-3H3,(H,17,19). The number of nitrogens with one attached hydrogen (secondary N) is 1. The van der Waals surface area contributed by atoms with Gasteiger partial charge in [-0.05, 0) is 31.9 Å². The Balaban J connectivity index is 2.81. The second kappa shape index (κ2) is 7.07. The number of anilines is 1. The fourth-order valence-corrected chi connectivity index (χ4v) is 1.76. The summed E-state index contributed by atoms with van der Waals surface area (Å²) in [5, 5.41) is 2.48. The number of carbonyl (C=O) groups is 1. The third-order valence-electron chi connectivity index (χ3n) is 3.02. The van der Waals surface area contributed by atoms with E-state index in [1.807, 2.05) is 20.8 Å². The van der Waals surface area contributed by atoms with Crippen LogP contribution in [0.3, 0.4) is 0 Å². The molecule has 0 bridgehead atoms. The first-order valence-corrected chi connectivity index (χ1v) is 6.52. The molecule has 0 radical (unpaired) electrons. The maximum Gasteiger partial charge on any atom is 0.322 e. The van der Waals surface area contributed by atoms with Gasteiger partial charge in [0, 0.05) is 18.7 Å². The molecule has 3 nitrogen and oxygen atoms in total. The average Bonchev–Trinajstić information content (AvgIpc) is 2.38. The van der Waals surface area contributed by atoms with Crippen molar-refractivity contribution in [2.24, 2.45) is 0 Å². The molecule has 2 amide bonds. The fourth-order valence-electron chi connectivity index (χ4n) is 1.76. The first-order valence-electron chi connectivity index (χ1n) is 6.52. The molecule has 0 aliphatic carbocycles. The van der Waals surface area contributed by atoms with E-state index in [2.05, 4.69) is 5.32 Å². The van der Waals surface area contributed by atoms with Gasteiger partial charge < -0.3 is 10.2 Å². The van der Waals surface area contributed by atoms with Gasteiger partial charge in [0.15, 0.2) is 0 Å². The van der Waals surface area contributed by atoms with Gasteiger partial charge in [-0.15, -0.1) is 0 Å². The summed E-state index contributed by atoms with van der Waals surface area (Å²) in [5.41, 5.74) is -0.00388. The molecule has 0 fully saturated rings. The largest absolute Gasteiger partial charge is 0.322 e. The Bertz CT molecular complexity index is 437. The van der Waals surface area contributed by atoms with Crippen LogP contribution in [0.15, 0.2) is 18.2 Å². The highest BCUT2D eigenvalue weighted by molar-refractivity contribution is 5.89. The van der Waals surface area contributed by atoms with E-state index in [0.29, 0.717) is 6.54 Å². The molecule has 0 aromatic heterocycles. The molecular formula is C14H20F2N2O. The van der Waals surface area contributed by atoms with Crippen LogP contribution < -0.4 is 5.32 Å². The number of nitrogens with zero attached hydrogens (tertiary/aromatic N) is 1. The van der Waals surface area contributed by atoms with Crippen LogP contribution >= 0.6 is 0 Å². The van der Waals surface area contributed by atoms with Crippen LogP contribution in [-0.4, -0.2) is 23.5 Å². The van der Waals surface area contributed by atoms with Gasteiger partial charge in [0.05, 0.1) is 5.69 Å². The lowest BCUT2D eigenvalue weighted by Gasteiger charge is -2.28. The van der Waals surface area contributed by atoms with Gasteiger partial charge >= 0.3 is 6.03 Å². The minimum Gasteiger partial charge on any atom is -0.322 e. The molecule has 0 aliphatic heterocycles. The normalized spacial score (nSPS) is 12.1. The minimum absolute atomic E-state index is 0.00388. The van der Waals surface area contributed by atoms with E-state index in [0.717, 1.165) is 25.0 Å². The highest BCUT2D eigenvalue weighted by Crippen LogP contribution is 2.16. The summed E-state index contributed by atoms with van der Waals surface area (Å²) < 4.78 is 26.3. The number of hydrogen-bond donors (Lipinski definition) is 1. The topological polar surface area (TPSA) is 32.3 Å². The van der Waals surface area contributed by atoms with Crippen LogP contribution in [-0.2, 0) is 0 Å². The second-order valence-corrected chi connectivity index (χ2v) is 4.50. The van der Waals surface area contributed by atoms with Gasteiger partial charge in [-0.2, -0.15) is 0 Å². The molecule has 1 N–H and O–H groups in total. The van der Waals surface area contributed by atoms with Gasteiger partial charge in [-0.3, -0.25) is 0 Å². The second-order valence-electron chi connectivity index (χ2n) is 4.50. The Hall–Kier alpha value is -1.65. The summed E-state index contributed by atoms with van der Waals surface area (Å²) in [5.74, 6) is -1.43. The summed E-state index contributed by atoms with van der Waals surface area (Å²) >= 11 is 0. The van der Waals surface area contributed by atoms with Gasteiger partial charge in [-0.1, -0.05) is 13.8 Å². The molecule has 106 valence electrons. The van der Waals surface area contributed by atoms with Gasteiger partial charge in [0.25, 0.3) is 0 Å². The number of urea groups is 1. The van der Waals surface area contributed by atoms with Crippen LogP contribution in [0.25, 0.3) is 0 Å². The van der Waals surface area contributed by atoms with Crippen molar-refractivity contribution in [2.75, 3.05) is 11.9 Å². The SMILES string of the molecule is CCCN(C(=O)Nc1ccc(F)cc1F)C(C)CC. The molecule has 1 rings (SSSR count). The van der Waals surface area contributed by atoms with Crippen molar-refractivity contribution < 1.29 is 13.6 Å². The Morgan fingerprint density at radius 3 is 2.58 bits per heavy atom. The zero-order valence-electron chi connectivity index (χ0n) is 11.5. The Morgan fingerprint density at radius 2 is 2.05 bits per heavy atom. The zero-order chi connectivity index (χ0) is 14.4. The van der Waals surface area contributed by atoms with E-state index < -0.39 is 11.6 Å². The molecule has 0 saturated heterocycles. The third-order valence-corrected chi connectivity index (χ3v) is 3.02. The third kappa shape index (κ3) is 4.19. The molecule has 19 heavy (non-hydrogen) atoms. The lowest BCUT2D eigenvalue weighted by Crippen LogP contribution is -2.41. The van der Waals surface area contributed by atoms with E-state index >= 15 is 0 Å². The number of benzene rings is 1. The molecule has 0 aliphatic rings. The van der Waals surface area contributed by atoms with Crippen molar-refractivity contribution in [1.29, 1.82) is 0 Å². The zero-order valence-corrected chi connectivity index (χ0v) is 11.5. The molecule has 0 saturated carbocycles. The van der Waals surface area contributed by atoms with E-state index in [9.17, 15) is 13.6 Å². The summed E-state index contributed by atoms with van der Waals surface area (Å²) in [6, 6.07) is 2.81. The molecule has 1 aromatic rings. The van der Waals surface area contributed by atoms with Gasteiger partial charge in [-0.25, -0.2) is 13.6 Å². The van der Waals surface area contributed by atoms with Crippen LogP contribution in [0.5, 0.6) is 0 Å². The van der Waals surface area contributed by atoms with Gasteiger partial charge in [0.1, 0.15) is 11.6 Å². The van der Waals surface area contributed by atoms with E-state index in [1.54, 1.807) is 4.90 Å². The van der Waals surface area contributed by atoms with Crippen LogP contribution in [0.4, 0.5) is 19.3 Å². The van der Waals surface area contributed by atoms with Crippen molar-refractivity contribution in [2.45, 2.75) is 39.7 Å². The molecule has 5 heteroatoms. The van der Waals surface area contributed by atoms with E-state index in [-0.39, 0.29) is 17.8 Å². The number of rotatable bonds is 5. The maximum atomic E-state index is 13.5. The number of carbonyl (C=O) groups excluding carboxylic acids is 1. The molecule has 0 heterocycles. The highest BCUT2D eigenvalue weighted by atomic mass is 19.1. The first kappa shape index (κ1) is 15.4. The lowest BCUT2D eigenvalue weighted by molar-refractivity contribution is 0.190. The first-order chi connectivity index (χ1) is 8.99. The predicted octanol–water partition coefficient (Wildman–Crippen LogP) is 4.01. The monoisotopic (exact) mass is 270 g/mol. The number of hydrogen-bond acceptors (Lipinski definition) is 1. The van der Waals surface area contributed by atoms with Crippen molar-refractivity contribution in [1.82, 2.24) is 4.90 Å². The smallest absolute Gasteiger partial charge is 0.322 e. The summed E-state index contributed by atoms with van der Waals surface area (Å²) in [6.45, 7) is 6.50. The summed E-state index contributed by atoms with van der Waals surface area (Å²) in [7, 11) is 0. The molecule has 1 aromatic carbocycles. The quantitative estimate of drug-likeness (QED) is 0.861. The van der Waals surface area contributed by atoms with Crippen LogP contribution in [0.2, 0.25) is 0 Å². The molecular weight excluding hydrogens is 250 g/mol. The highest BCUT2D eigenvalue weighted by Gasteiger charge is 2.19.